The molecule has 0 spiro atoms. The zero-order valence-electron chi connectivity index (χ0n) is 23.4. The topological polar surface area (TPSA) is 92.5 Å². The average Bonchev–Trinajstić information content (AvgIpc) is 3.28. The van der Waals surface area contributed by atoms with Crippen molar-refractivity contribution in [3.8, 4) is 16.9 Å². The van der Waals surface area contributed by atoms with Gasteiger partial charge in [-0.05, 0) is 51.3 Å². The maximum absolute atomic E-state index is 6.69. The van der Waals surface area contributed by atoms with Gasteiger partial charge in [0.25, 0.3) is 0 Å². The molecule has 11 heteroatoms. The first kappa shape index (κ1) is 28.4. The molecule has 1 aliphatic rings. The summed E-state index contributed by atoms with van der Waals surface area (Å²) >= 11 is 13.4. The van der Waals surface area contributed by atoms with Crippen molar-refractivity contribution < 1.29 is 4.74 Å². The highest BCUT2D eigenvalue weighted by Gasteiger charge is 2.24. The van der Waals surface area contributed by atoms with E-state index in [1.807, 2.05) is 17.5 Å². The van der Waals surface area contributed by atoms with Gasteiger partial charge in [-0.25, -0.2) is 15.0 Å². The Kier molecular flexibility index (Phi) is 8.93. The zero-order chi connectivity index (χ0) is 28.2. The summed E-state index contributed by atoms with van der Waals surface area (Å²) in [5, 5.41) is 13.3. The summed E-state index contributed by atoms with van der Waals surface area (Å²) in [5.74, 6) is 2.31. The summed E-state index contributed by atoms with van der Waals surface area (Å²) in [6.45, 7) is 8.95. The molecule has 1 aliphatic heterocycles. The minimum atomic E-state index is 0.254. The van der Waals surface area contributed by atoms with Crippen LogP contribution < -0.4 is 20.3 Å². The molecule has 212 valence electrons. The molecule has 2 N–H and O–H groups in total. The molecule has 0 bridgehead atoms. The minimum Gasteiger partial charge on any atom is -0.497 e. The van der Waals surface area contributed by atoms with Gasteiger partial charge in [-0.3, -0.25) is 0 Å². The number of halogens is 2. The molecule has 1 unspecified atom stereocenters. The lowest BCUT2D eigenvalue weighted by atomic mass is 10.0. The van der Waals surface area contributed by atoms with Crippen molar-refractivity contribution in [2.45, 2.75) is 58.5 Å². The number of hydrogen-bond donors (Lipinski definition) is 2. The first-order valence-corrected chi connectivity index (χ1v) is 14.6. The van der Waals surface area contributed by atoms with Crippen LogP contribution in [0.5, 0.6) is 5.75 Å². The lowest BCUT2D eigenvalue weighted by Crippen LogP contribution is -2.47. The number of rotatable bonds is 10. The fraction of sp³-hybridized carbons (Fsp3) is 0.448. The van der Waals surface area contributed by atoms with Crippen molar-refractivity contribution in [2.24, 2.45) is 0 Å². The highest BCUT2D eigenvalue weighted by molar-refractivity contribution is 6.39. The Bertz CT molecular complexity index is 1430. The molecule has 0 amide bonds. The van der Waals surface area contributed by atoms with Gasteiger partial charge in [0.2, 0.25) is 5.95 Å². The summed E-state index contributed by atoms with van der Waals surface area (Å²) < 4.78 is 7.21. The second kappa shape index (κ2) is 12.6. The van der Waals surface area contributed by atoms with Crippen molar-refractivity contribution in [3.05, 3.63) is 58.1 Å². The lowest BCUT2D eigenvalue weighted by Gasteiger charge is -2.34. The van der Waals surface area contributed by atoms with Crippen molar-refractivity contribution in [1.29, 1.82) is 0 Å². The predicted octanol–water partition coefficient (Wildman–Crippen LogP) is 5.82. The van der Waals surface area contributed by atoms with Gasteiger partial charge in [-0.1, -0.05) is 36.5 Å². The van der Waals surface area contributed by atoms with Gasteiger partial charge in [0.15, 0.2) is 5.65 Å². The van der Waals surface area contributed by atoms with Crippen LogP contribution in [0.2, 0.25) is 10.0 Å². The molecule has 3 aromatic heterocycles. The zero-order valence-corrected chi connectivity index (χ0v) is 24.9. The number of anilines is 2. The molecular formula is C29H36Cl2N8O. The van der Waals surface area contributed by atoms with Crippen LogP contribution in [0.1, 0.15) is 44.5 Å². The van der Waals surface area contributed by atoms with Crippen LogP contribution in [0, 0.1) is 6.92 Å². The SMILES string of the molecule is CCCc1cc(NCC(C)NC2CCN(c3ncccn3)CC2)n2nc(C)c(-c3c(Cl)cc(OC)cc3Cl)c2n1. The molecule has 9 nitrogen and oxygen atoms in total. The van der Waals surface area contributed by atoms with E-state index in [2.05, 4.69) is 45.4 Å². The number of fused-ring (bicyclic) bond motifs is 1. The monoisotopic (exact) mass is 582 g/mol. The standard InChI is InChI=1S/C29H36Cl2N8O/c1-5-7-21-14-25(34-17-18(2)35-20-8-12-38(13-9-20)29-32-10-6-11-33-29)39-28(36-21)26(19(3)37-39)27-23(30)15-22(40-4)16-24(27)31/h6,10-11,14-16,18,20,34-35H,5,7-9,12-13,17H2,1-4H3. The van der Waals surface area contributed by atoms with Gasteiger partial charge in [0, 0.05) is 61.4 Å². The van der Waals surface area contributed by atoms with E-state index in [0.717, 1.165) is 79.7 Å². The minimum absolute atomic E-state index is 0.254. The summed E-state index contributed by atoms with van der Waals surface area (Å²) in [6.07, 6.45) is 7.54. The number of benzene rings is 1. The Morgan fingerprint density at radius 1 is 1.07 bits per heavy atom. The number of nitrogens with one attached hydrogen (secondary N) is 2. The molecule has 0 aliphatic carbocycles. The molecule has 0 saturated carbocycles. The number of ether oxygens (including phenoxy) is 1. The van der Waals surface area contributed by atoms with Gasteiger partial charge in [-0.2, -0.15) is 9.61 Å². The maximum Gasteiger partial charge on any atom is 0.225 e. The van der Waals surface area contributed by atoms with Gasteiger partial charge >= 0.3 is 0 Å². The second-order valence-electron chi connectivity index (χ2n) is 10.3. The van der Waals surface area contributed by atoms with Crippen molar-refractivity contribution >= 4 is 40.6 Å². The molecular weight excluding hydrogens is 547 g/mol. The first-order valence-electron chi connectivity index (χ1n) is 13.8. The quantitative estimate of drug-likeness (QED) is 0.241. The number of nitrogens with zero attached hydrogens (tertiary/aromatic N) is 6. The van der Waals surface area contributed by atoms with Crippen LogP contribution >= 0.6 is 23.2 Å². The van der Waals surface area contributed by atoms with Crippen LogP contribution in [-0.4, -0.2) is 63.4 Å². The summed E-state index contributed by atoms with van der Waals surface area (Å²) in [4.78, 5) is 16.0. The van der Waals surface area contributed by atoms with E-state index in [4.69, 9.17) is 38.0 Å². The maximum atomic E-state index is 6.69. The second-order valence-corrected chi connectivity index (χ2v) is 11.1. The van der Waals surface area contributed by atoms with E-state index in [9.17, 15) is 0 Å². The molecule has 0 radical (unpaired) electrons. The molecule has 1 saturated heterocycles. The predicted molar refractivity (Wildman–Crippen MR) is 162 cm³/mol. The smallest absolute Gasteiger partial charge is 0.225 e. The Hall–Kier alpha value is -3.14. The fourth-order valence-corrected chi connectivity index (χ4v) is 5.96. The third-order valence-electron chi connectivity index (χ3n) is 7.26. The molecule has 4 aromatic rings. The van der Waals surface area contributed by atoms with Crippen LogP contribution in [0.3, 0.4) is 0 Å². The highest BCUT2D eigenvalue weighted by Crippen LogP contribution is 2.41. The Morgan fingerprint density at radius 3 is 2.42 bits per heavy atom. The van der Waals surface area contributed by atoms with E-state index in [1.54, 1.807) is 31.6 Å². The van der Waals surface area contributed by atoms with Gasteiger partial charge in [-0.15, -0.1) is 0 Å². The summed E-state index contributed by atoms with van der Waals surface area (Å²) in [6, 6.07) is 8.18. The van der Waals surface area contributed by atoms with Crippen LogP contribution in [-0.2, 0) is 6.42 Å². The van der Waals surface area contributed by atoms with E-state index < -0.39 is 0 Å². The van der Waals surface area contributed by atoms with Crippen molar-refractivity contribution in [3.63, 3.8) is 0 Å². The molecule has 40 heavy (non-hydrogen) atoms. The van der Waals surface area contributed by atoms with Crippen LogP contribution in [0.25, 0.3) is 16.8 Å². The number of aryl methyl sites for hydroxylation is 2. The van der Waals surface area contributed by atoms with Gasteiger partial charge in [0.1, 0.15) is 11.6 Å². The molecule has 1 atom stereocenters. The third kappa shape index (κ3) is 6.11. The molecule has 4 heterocycles. The number of methoxy groups -OCH3 is 1. The third-order valence-corrected chi connectivity index (χ3v) is 7.86. The Balaban J connectivity index is 1.33. The van der Waals surface area contributed by atoms with E-state index >= 15 is 0 Å². The Morgan fingerprint density at radius 2 is 1.77 bits per heavy atom. The Labute approximate surface area is 245 Å². The largest absolute Gasteiger partial charge is 0.497 e. The summed E-state index contributed by atoms with van der Waals surface area (Å²) in [7, 11) is 1.59. The van der Waals surface area contributed by atoms with E-state index in [-0.39, 0.29) is 6.04 Å². The normalized spacial score (nSPS) is 15.0. The van der Waals surface area contributed by atoms with Crippen LogP contribution in [0.15, 0.2) is 36.7 Å². The van der Waals surface area contributed by atoms with Gasteiger partial charge in [0.05, 0.1) is 28.4 Å². The van der Waals surface area contributed by atoms with Gasteiger partial charge < -0.3 is 20.3 Å². The molecule has 1 aromatic carbocycles. The summed E-state index contributed by atoms with van der Waals surface area (Å²) in [5.41, 5.74) is 4.08. The number of aromatic nitrogens is 5. The molecule has 1 fully saturated rings. The average molecular weight is 584 g/mol. The number of piperidine rings is 1. The van der Waals surface area contributed by atoms with Crippen molar-refractivity contribution in [2.75, 3.05) is 37.0 Å². The van der Waals surface area contributed by atoms with E-state index in [0.29, 0.717) is 27.4 Å². The number of hydrogen-bond acceptors (Lipinski definition) is 8. The molecule has 5 rings (SSSR count). The van der Waals surface area contributed by atoms with Crippen LogP contribution in [0.4, 0.5) is 11.8 Å². The highest BCUT2D eigenvalue weighted by atomic mass is 35.5. The first-order chi connectivity index (χ1) is 19.4. The van der Waals surface area contributed by atoms with E-state index in [1.165, 1.54) is 0 Å². The lowest BCUT2D eigenvalue weighted by molar-refractivity contribution is 0.380. The fourth-order valence-electron chi connectivity index (χ4n) is 5.30. The van der Waals surface area contributed by atoms with Crippen molar-refractivity contribution in [1.82, 2.24) is 29.9 Å².